The Balaban J connectivity index is 1.36. The molecule has 2 heterocycles. The Hall–Kier alpha value is -2.35. The van der Waals surface area contributed by atoms with Gasteiger partial charge in [0, 0.05) is 16.7 Å². The second-order valence-electron chi connectivity index (χ2n) is 5.90. The summed E-state index contributed by atoms with van der Waals surface area (Å²) in [7, 11) is 1.65. The molecule has 0 aliphatic heterocycles. The van der Waals surface area contributed by atoms with Crippen LogP contribution in [0.25, 0.3) is 10.6 Å². The van der Waals surface area contributed by atoms with Gasteiger partial charge in [0.1, 0.15) is 10.8 Å². The molecule has 0 N–H and O–H groups in total. The van der Waals surface area contributed by atoms with Crippen molar-refractivity contribution in [2.45, 2.75) is 17.4 Å². The van der Waals surface area contributed by atoms with Gasteiger partial charge in [-0.2, -0.15) is 0 Å². The molecule has 0 bridgehead atoms. The molecule has 0 radical (unpaired) electrons. The molecule has 4 rings (SSSR count). The summed E-state index contributed by atoms with van der Waals surface area (Å²) in [6, 6.07) is 15.5. The summed E-state index contributed by atoms with van der Waals surface area (Å²) in [5.74, 6) is 2.07. The molecular formula is C20H16ClN3O2S2. The Kier molecular flexibility index (Phi) is 5.95. The van der Waals surface area contributed by atoms with Crippen LogP contribution in [0.4, 0.5) is 0 Å². The summed E-state index contributed by atoms with van der Waals surface area (Å²) in [5, 5.41) is 12.4. The van der Waals surface area contributed by atoms with Crippen LogP contribution >= 0.6 is 34.7 Å². The topological polar surface area (TPSA) is 61.0 Å². The van der Waals surface area contributed by atoms with Gasteiger partial charge in [0.2, 0.25) is 5.89 Å². The molecule has 0 atom stereocenters. The minimum atomic E-state index is 0.538. The third kappa shape index (κ3) is 4.55. The van der Waals surface area contributed by atoms with Crippen molar-refractivity contribution in [3.8, 4) is 16.3 Å². The summed E-state index contributed by atoms with van der Waals surface area (Å²) in [6.07, 6.45) is 0.588. The lowest BCUT2D eigenvalue weighted by atomic mass is 10.1. The first-order chi connectivity index (χ1) is 13.7. The predicted octanol–water partition coefficient (Wildman–Crippen LogP) is 5.74. The van der Waals surface area contributed by atoms with E-state index in [0.717, 1.165) is 27.6 Å². The molecule has 0 saturated heterocycles. The summed E-state index contributed by atoms with van der Waals surface area (Å²) >= 11 is 9.30. The van der Waals surface area contributed by atoms with Gasteiger partial charge in [-0.05, 0) is 23.8 Å². The third-order valence-corrected chi connectivity index (χ3v) is 6.07. The number of nitrogens with zero attached hydrogens (tertiary/aromatic N) is 3. The molecule has 5 nitrogen and oxygen atoms in total. The van der Waals surface area contributed by atoms with Crippen molar-refractivity contribution in [3.63, 3.8) is 0 Å². The van der Waals surface area contributed by atoms with Crippen LogP contribution in [0.15, 0.2) is 63.6 Å². The number of thiazole rings is 1. The number of thioether (sulfide) groups is 1. The molecule has 142 valence electrons. The molecule has 2 aromatic carbocycles. The van der Waals surface area contributed by atoms with Gasteiger partial charge in [-0.3, -0.25) is 0 Å². The first kappa shape index (κ1) is 19.0. The molecular weight excluding hydrogens is 414 g/mol. The Morgan fingerprint density at radius 1 is 1.11 bits per heavy atom. The number of halogens is 1. The number of benzene rings is 2. The van der Waals surface area contributed by atoms with Crippen molar-refractivity contribution in [2.24, 2.45) is 0 Å². The maximum atomic E-state index is 6.25. The van der Waals surface area contributed by atoms with Gasteiger partial charge in [0.25, 0.3) is 5.22 Å². The number of aromatic nitrogens is 3. The Bertz CT molecular complexity index is 1060. The van der Waals surface area contributed by atoms with Crippen molar-refractivity contribution < 1.29 is 9.15 Å². The first-order valence-corrected chi connectivity index (χ1v) is 10.7. The summed E-state index contributed by atoms with van der Waals surface area (Å²) in [4.78, 5) is 4.66. The summed E-state index contributed by atoms with van der Waals surface area (Å²) < 4.78 is 10.9. The lowest BCUT2D eigenvalue weighted by molar-refractivity contribution is 0.413. The quantitative estimate of drug-likeness (QED) is 0.349. The Morgan fingerprint density at radius 3 is 2.71 bits per heavy atom. The fourth-order valence-electron chi connectivity index (χ4n) is 2.55. The van der Waals surface area contributed by atoms with Crippen LogP contribution in [0.2, 0.25) is 5.02 Å². The van der Waals surface area contributed by atoms with Crippen molar-refractivity contribution in [1.29, 1.82) is 0 Å². The number of hydrogen-bond donors (Lipinski definition) is 0. The average Bonchev–Trinajstić information content (AvgIpc) is 3.37. The second-order valence-corrected chi connectivity index (χ2v) is 8.09. The summed E-state index contributed by atoms with van der Waals surface area (Å²) in [5.41, 5.74) is 3.00. The van der Waals surface area contributed by atoms with Crippen LogP contribution in [0.1, 0.15) is 17.1 Å². The van der Waals surface area contributed by atoms with Gasteiger partial charge in [-0.25, -0.2) is 4.98 Å². The minimum Gasteiger partial charge on any atom is -0.497 e. The number of rotatable bonds is 7. The maximum Gasteiger partial charge on any atom is 0.276 e. The predicted molar refractivity (Wildman–Crippen MR) is 112 cm³/mol. The van der Waals surface area contributed by atoms with Crippen LogP contribution in [-0.4, -0.2) is 22.3 Å². The van der Waals surface area contributed by atoms with E-state index in [1.807, 2.05) is 53.9 Å². The summed E-state index contributed by atoms with van der Waals surface area (Å²) in [6.45, 7) is 0. The van der Waals surface area contributed by atoms with Crippen molar-refractivity contribution in [1.82, 2.24) is 15.2 Å². The minimum absolute atomic E-state index is 0.538. The molecule has 4 aromatic rings. The molecule has 0 aliphatic carbocycles. The molecule has 0 spiro atoms. The zero-order valence-electron chi connectivity index (χ0n) is 15.0. The molecule has 0 fully saturated rings. The number of methoxy groups -OCH3 is 1. The van der Waals surface area contributed by atoms with Crippen LogP contribution in [-0.2, 0) is 12.2 Å². The van der Waals surface area contributed by atoms with E-state index in [9.17, 15) is 0 Å². The second kappa shape index (κ2) is 8.77. The fourth-order valence-corrected chi connectivity index (χ4v) is 4.47. The van der Waals surface area contributed by atoms with Gasteiger partial charge >= 0.3 is 0 Å². The molecule has 0 amide bonds. The lowest BCUT2D eigenvalue weighted by Crippen LogP contribution is -1.89. The van der Waals surface area contributed by atoms with Gasteiger partial charge in [-0.15, -0.1) is 21.5 Å². The van der Waals surface area contributed by atoms with E-state index in [0.29, 0.717) is 28.3 Å². The van der Waals surface area contributed by atoms with E-state index in [4.69, 9.17) is 20.8 Å². The van der Waals surface area contributed by atoms with Gasteiger partial charge < -0.3 is 9.15 Å². The molecule has 2 aromatic heterocycles. The lowest BCUT2D eigenvalue weighted by Gasteiger charge is -2.00. The van der Waals surface area contributed by atoms with Gasteiger partial charge in [0.05, 0.1) is 24.2 Å². The normalized spacial score (nSPS) is 10.9. The van der Waals surface area contributed by atoms with E-state index in [1.54, 1.807) is 18.4 Å². The highest BCUT2D eigenvalue weighted by molar-refractivity contribution is 7.98. The Labute approximate surface area is 175 Å². The highest BCUT2D eigenvalue weighted by Crippen LogP contribution is 2.31. The monoisotopic (exact) mass is 429 g/mol. The van der Waals surface area contributed by atoms with E-state index in [-0.39, 0.29) is 0 Å². The van der Waals surface area contributed by atoms with Gasteiger partial charge in [0.15, 0.2) is 0 Å². The molecule has 28 heavy (non-hydrogen) atoms. The molecule has 0 aliphatic rings. The highest BCUT2D eigenvalue weighted by atomic mass is 35.5. The zero-order valence-corrected chi connectivity index (χ0v) is 17.4. The number of ether oxygens (including phenoxy) is 1. The maximum absolute atomic E-state index is 6.25. The smallest absolute Gasteiger partial charge is 0.276 e. The van der Waals surface area contributed by atoms with Crippen LogP contribution in [0, 0.1) is 0 Å². The Morgan fingerprint density at radius 2 is 1.93 bits per heavy atom. The molecule has 8 heteroatoms. The largest absolute Gasteiger partial charge is 0.497 e. The third-order valence-electron chi connectivity index (χ3n) is 3.96. The van der Waals surface area contributed by atoms with E-state index in [2.05, 4.69) is 15.2 Å². The number of hydrogen-bond acceptors (Lipinski definition) is 7. The van der Waals surface area contributed by atoms with Gasteiger partial charge in [-0.1, -0.05) is 53.7 Å². The van der Waals surface area contributed by atoms with E-state index < -0.39 is 0 Å². The molecule has 0 saturated carbocycles. The fraction of sp³-hybridized carbons (Fsp3) is 0.150. The highest BCUT2D eigenvalue weighted by Gasteiger charge is 2.11. The van der Waals surface area contributed by atoms with Crippen molar-refractivity contribution in [2.75, 3.05) is 7.11 Å². The zero-order chi connectivity index (χ0) is 19.3. The van der Waals surface area contributed by atoms with E-state index >= 15 is 0 Å². The standard InChI is InChI=1S/C20H16ClN3O2S2/c1-25-15-8-6-13(7-9-15)10-18-23-24-20(26-18)28-12-14-11-27-19(22-14)16-4-2-3-5-17(16)21/h2-9,11H,10,12H2,1H3. The average molecular weight is 430 g/mol. The van der Waals surface area contributed by atoms with Crippen LogP contribution in [0.3, 0.4) is 0 Å². The van der Waals surface area contributed by atoms with Crippen LogP contribution in [0.5, 0.6) is 5.75 Å². The molecule has 0 unspecified atom stereocenters. The van der Waals surface area contributed by atoms with Crippen molar-refractivity contribution in [3.05, 3.63) is 76.1 Å². The first-order valence-electron chi connectivity index (χ1n) is 8.48. The van der Waals surface area contributed by atoms with E-state index in [1.165, 1.54) is 11.8 Å². The van der Waals surface area contributed by atoms with Crippen LogP contribution < -0.4 is 4.74 Å². The SMILES string of the molecule is COc1ccc(Cc2nnc(SCc3csc(-c4ccccc4Cl)n3)o2)cc1. The van der Waals surface area contributed by atoms with Crippen molar-refractivity contribution >= 4 is 34.7 Å².